The molecular weight excluding hydrogens is 478 g/mol. The van der Waals surface area contributed by atoms with Crippen LogP contribution in [0.2, 0.25) is 0 Å². The molecule has 10 heteroatoms. The van der Waals surface area contributed by atoms with Gasteiger partial charge in [0.2, 0.25) is 0 Å². The molecule has 1 fully saturated rings. The quantitative estimate of drug-likeness (QED) is 0.510. The number of carboxylic acid groups (broad SMARTS) is 1. The van der Waals surface area contributed by atoms with Gasteiger partial charge in [-0.05, 0) is 43.0 Å². The van der Waals surface area contributed by atoms with E-state index >= 15 is 0 Å². The Balaban J connectivity index is 1.35. The molecule has 1 saturated heterocycles. The number of carbonyl (C=O) groups is 4. The summed E-state index contributed by atoms with van der Waals surface area (Å²) in [5.41, 5.74) is 3.59. The molecule has 0 radical (unpaired) electrons. The fraction of sp³-hybridized carbons (Fsp3) is 0.407. The Morgan fingerprint density at radius 3 is 2.16 bits per heavy atom. The van der Waals surface area contributed by atoms with Gasteiger partial charge in [-0.15, -0.1) is 0 Å². The molecule has 196 valence electrons. The summed E-state index contributed by atoms with van der Waals surface area (Å²) in [7, 11) is 0. The lowest BCUT2D eigenvalue weighted by Crippen LogP contribution is -2.46. The molecular formula is C27H31N3O7. The van der Waals surface area contributed by atoms with Crippen LogP contribution in [0.1, 0.15) is 44.2 Å². The van der Waals surface area contributed by atoms with Gasteiger partial charge in [-0.2, -0.15) is 0 Å². The van der Waals surface area contributed by atoms with Gasteiger partial charge in [0.1, 0.15) is 24.8 Å². The van der Waals surface area contributed by atoms with E-state index in [9.17, 15) is 24.3 Å². The van der Waals surface area contributed by atoms with Gasteiger partial charge in [0.25, 0.3) is 0 Å². The number of carboxylic acids is 1. The summed E-state index contributed by atoms with van der Waals surface area (Å²) in [6, 6.07) is 13.4. The molecule has 1 heterocycles. The Bertz CT molecular complexity index is 1160. The molecule has 3 N–H and O–H groups in total. The second kappa shape index (κ2) is 10.5. The van der Waals surface area contributed by atoms with E-state index in [1.165, 1.54) is 0 Å². The monoisotopic (exact) mass is 509 g/mol. The Kier molecular flexibility index (Phi) is 7.37. The smallest absolute Gasteiger partial charge is 0.410 e. The number of carbonyl (C=O) groups excluding carboxylic acids is 3. The second-order valence-corrected chi connectivity index (χ2v) is 10.2. The van der Waals surface area contributed by atoms with E-state index in [1.54, 1.807) is 20.8 Å². The van der Waals surface area contributed by atoms with Crippen molar-refractivity contribution in [2.75, 3.05) is 19.7 Å². The van der Waals surface area contributed by atoms with Crippen LogP contribution >= 0.6 is 0 Å². The van der Waals surface area contributed by atoms with Crippen molar-refractivity contribution < 1.29 is 33.8 Å². The molecule has 2 aromatic rings. The largest absolute Gasteiger partial charge is 0.480 e. The molecule has 4 rings (SSSR count). The average Bonchev–Trinajstić information content (AvgIpc) is 3.40. The molecule has 0 bridgehead atoms. The first kappa shape index (κ1) is 26.0. The van der Waals surface area contributed by atoms with Crippen LogP contribution in [0.25, 0.3) is 11.1 Å². The third-order valence-electron chi connectivity index (χ3n) is 6.31. The van der Waals surface area contributed by atoms with Crippen LogP contribution in [0.15, 0.2) is 48.5 Å². The number of nitrogens with zero attached hydrogens (tertiary/aromatic N) is 1. The summed E-state index contributed by atoms with van der Waals surface area (Å²) in [4.78, 5) is 50.0. The molecule has 2 atom stereocenters. The third kappa shape index (κ3) is 6.02. The van der Waals surface area contributed by atoms with E-state index in [1.807, 2.05) is 48.5 Å². The molecule has 0 spiro atoms. The summed E-state index contributed by atoms with van der Waals surface area (Å²) in [5, 5.41) is 14.7. The van der Waals surface area contributed by atoms with Gasteiger partial charge in [0.15, 0.2) is 0 Å². The Labute approximate surface area is 214 Å². The van der Waals surface area contributed by atoms with Gasteiger partial charge in [-0.1, -0.05) is 48.5 Å². The van der Waals surface area contributed by atoms with Crippen LogP contribution in [-0.2, 0) is 19.1 Å². The molecule has 2 aromatic carbocycles. The highest BCUT2D eigenvalue weighted by molar-refractivity contribution is 5.83. The molecule has 0 saturated carbocycles. The van der Waals surface area contributed by atoms with Crippen LogP contribution in [0, 0.1) is 0 Å². The first-order chi connectivity index (χ1) is 17.5. The van der Waals surface area contributed by atoms with Gasteiger partial charge in [0, 0.05) is 18.9 Å². The van der Waals surface area contributed by atoms with Crippen molar-refractivity contribution in [3.8, 4) is 11.1 Å². The fourth-order valence-electron chi connectivity index (χ4n) is 4.82. The second-order valence-electron chi connectivity index (χ2n) is 10.2. The third-order valence-corrected chi connectivity index (χ3v) is 6.31. The van der Waals surface area contributed by atoms with Crippen molar-refractivity contribution >= 4 is 24.1 Å². The SMILES string of the molecule is CC(C)(C)OC(=O)CNC(=O)N[C@H]1C[C@H](C(=O)O)N(C(=O)OCC2c3ccccc3-c3ccccc32)C1. The Morgan fingerprint density at radius 1 is 1.00 bits per heavy atom. The van der Waals surface area contributed by atoms with Crippen molar-refractivity contribution in [1.82, 2.24) is 15.5 Å². The predicted octanol–water partition coefficient (Wildman–Crippen LogP) is 3.10. The number of likely N-dealkylation sites (tertiary alicyclic amines) is 1. The molecule has 1 aliphatic heterocycles. The Hall–Kier alpha value is -4.08. The molecule has 0 unspecified atom stereocenters. The van der Waals surface area contributed by atoms with Crippen molar-refractivity contribution in [2.24, 2.45) is 0 Å². The Morgan fingerprint density at radius 2 is 1.59 bits per heavy atom. The highest BCUT2D eigenvalue weighted by Crippen LogP contribution is 2.44. The predicted molar refractivity (Wildman–Crippen MR) is 134 cm³/mol. The number of nitrogens with one attached hydrogen (secondary N) is 2. The van der Waals surface area contributed by atoms with Gasteiger partial charge >= 0.3 is 24.1 Å². The summed E-state index contributed by atoms with van der Waals surface area (Å²) >= 11 is 0. The zero-order chi connectivity index (χ0) is 26.7. The lowest BCUT2D eigenvalue weighted by molar-refractivity contribution is -0.153. The van der Waals surface area contributed by atoms with Crippen LogP contribution in [0.3, 0.4) is 0 Å². The molecule has 37 heavy (non-hydrogen) atoms. The zero-order valence-electron chi connectivity index (χ0n) is 21.0. The summed E-state index contributed by atoms with van der Waals surface area (Å²) in [5.74, 6) is -1.94. The fourth-order valence-corrected chi connectivity index (χ4v) is 4.82. The number of fused-ring (bicyclic) bond motifs is 3. The van der Waals surface area contributed by atoms with Crippen molar-refractivity contribution in [2.45, 2.75) is 50.8 Å². The number of ether oxygens (including phenoxy) is 2. The minimum Gasteiger partial charge on any atom is -0.480 e. The van der Waals surface area contributed by atoms with E-state index < -0.39 is 41.7 Å². The molecule has 3 amide bonds. The van der Waals surface area contributed by atoms with Crippen molar-refractivity contribution in [1.29, 1.82) is 0 Å². The van der Waals surface area contributed by atoms with Crippen molar-refractivity contribution in [3.05, 3.63) is 59.7 Å². The minimum absolute atomic E-state index is 0.0133. The van der Waals surface area contributed by atoms with Gasteiger partial charge in [-0.3, -0.25) is 9.69 Å². The highest BCUT2D eigenvalue weighted by Gasteiger charge is 2.42. The summed E-state index contributed by atoms with van der Waals surface area (Å²) in [6.45, 7) is 4.83. The minimum atomic E-state index is -1.19. The maximum atomic E-state index is 13.0. The molecule has 1 aliphatic carbocycles. The van der Waals surface area contributed by atoms with Crippen LogP contribution in [0.4, 0.5) is 9.59 Å². The van der Waals surface area contributed by atoms with E-state index in [2.05, 4.69) is 10.6 Å². The molecule has 10 nitrogen and oxygen atoms in total. The first-order valence-electron chi connectivity index (χ1n) is 12.1. The number of aliphatic carboxylic acids is 1. The first-order valence-corrected chi connectivity index (χ1v) is 12.1. The number of urea groups is 1. The maximum absolute atomic E-state index is 13.0. The topological polar surface area (TPSA) is 134 Å². The van der Waals surface area contributed by atoms with Crippen LogP contribution < -0.4 is 10.6 Å². The number of rotatable bonds is 6. The summed E-state index contributed by atoms with van der Waals surface area (Å²) in [6.07, 6.45) is -0.743. The van der Waals surface area contributed by atoms with Gasteiger partial charge in [-0.25, -0.2) is 14.4 Å². The summed E-state index contributed by atoms with van der Waals surface area (Å²) < 4.78 is 10.8. The number of hydrogen-bond acceptors (Lipinski definition) is 6. The van der Waals surface area contributed by atoms with E-state index in [4.69, 9.17) is 9.47 Å². The number of hydrogen-bond donors (Lipinski definition) is 3. The average molecular weight is 510 g/mol. The van der Waals surface area contributed by atoms with Crippen LogP contribution in [0.5, 0.6) is 0 Å². The van der Waals surface area contributed by atoms with Gasteiger partial charge in [0.05, 0.1) is 6.04 Å². The van der Waals surface area contributed by atoms with E-state index in [0.717, 1.165) is 27.2 Å². The van der Waals surface area contributed by atoms with E-state index in [0.29, 0.717) is 0 Å². The number of amides is 3. The zero-order valence-corrected chi connectivity index (χ0v) is 21.0. The number of benzene rings is 2. The highest BCUT2D eigenvalue weighted by atomic mass is 16.6. The van der Waals surface area contributed by atoms with Crippen molar-refractivity contribution in [3.63, 3.8) is 0 Å². The van der Waals surface area contributed by atoms with Crippen LogP contribution in [-0.4, -0.2) is 71.5 Å². The molecule has 2 aliphatic rings. The maximum Gasteiger partial charge on any atom is 0.410 e. The lowest BCUT2D eigenvalue weighted by Gasteiger charge is -2.22. The van der Waals surface area contributed by atoms with Gasteiger partial charge < -0.3 is 25.2 Å². The number of esters is 1. The lowest BCUT2D eigenvalue weighted by atomic mass is 9.98. The molecule has 0 aromatic heterocycles. The standard InChI is InChI=1S/C27H31N3O7/c1-27(2,3)37-23(31)13-28-25(34)29-16-12-22(24(32)33)30(14-16)26(35)36-15-21-19-10-6-4-8-17(19)18-9-5-7-11-20(18)21/h4-11,16,21-22H,12-15H2,1-3H3,(H,32,33)(H2,28,29,34)/t16-,22+/m0/s1. The van der Waals surface area contributed by atoms with E-state index in [-0.39, 0.29) is 32.0 Å². The normalized spacial score (nSPS) is 18.5.